The van der Waals surface area contributed by atoms with Gasteiger partial charge in [-0.25, -0.2) is 0 Å². The molecule has 1 aliphatic heterocycles. The minimum Gasteiger partial charge on any atom is -0.369 e. The van der Waals surface area contributed by atoms with Crippen LogP contribution >= 0.6 is 0 Å². The number of nitrogens with zero attached hydrogens (tertiary/aromatic N) is 4. The molecule has 0 radical (unpaired) electrons. The number of hydrogen-bond donors (Lipinski definition) is 2. The largest absolute Gasteiger partial charge is 0.369 e. The third-order valence-corrected chi connectivity index (χ3v) is 5.78. The lowest BCUT2D eigenvalue weighted by Crippen LogP contribution is -2.50. The number of aromatic nitrogens is 2. The van der Waals surface area contributed by atoms with E-state index in [9.17, 15) is 9.59 Å². The van der Waals surface area contributed by atoms with Crippen LogP contribution in [0.5, 0.6) is 0 Å². The topological polar surface area (TPSA) is 90.5 Å². The molecule has 2 N–H and O–H groups in total. The molecule has 2 aromatic heterocycles. The zero-order valence-electron chi connectivity index (χ0n) is 18.4. The highest BCUT2D eigenvalue weighted by Crippen LogP contribution is 2.23. The third kappa shape index (κ3) is 6.14. The molecule has 0 unspecified atom stereocenters. The highest BCUT2D eigenvalue weighted by atomic mass is 16.2. The van der Waals surface area contributed by atoms with Gasteiger partial charge in [0.25, 0.3) is 0 Å². The number of hydrogen-bond acceptors (Lipinski definition) is 6. The van der Waals surface area contributed by atoms with Gasteiger partial charge in [-0.2, -0.15) is 0 Å². The second-order valence-corrected chi connectivity index (χ2v) is 7.91. The predicted octanol–water partition coefficient (Wildman–Crippen LogP) is 1.77. The number of pyridine rings is 2. The van der Waals surface area contributed by atoms with E-state index in [0.29, 0.717) is 6.54 Å². The first-order chi connectivity index (χ1) is 16.2. The van der Waals surface area contributed by atoms with Crippen LogP contribution in [0.25, 0.3) is 0 Å². The van der Waals surface area contributed by atoms with E-state index in [1.165, 1.54) is 5.69 Å². The van der Waals surface area contributed by atoms with Crippen LogP contribution in [0, 0.1) is 0 Å². The van der Waals surface area contributed by atoms with Crippen LogP contribution in [0.15, 0.2) is 79.4 Å². The highest BCUT2D eigenvalue weighted by Gasteiger charge is 2.26. The Morgan fingerprint density at radius 1 is 0.818 bits per heavy atom. The molecule has 3 aromatic rings. The van der Waals surface area contributed by atoms with Gasteiger partial charge in [0.1, 0.15) is 0 Å². The van der Waals surface area contributed by atoms with Gasteiger partial charge in [0.15, 0.2) is 0 Å². The first-order valence-electron chi connectivity index (χ1n) is 11.1. The van der Waals surface area contributed by atoms with Crippen LogP contribution < -0.4 is 15.5 Å². The summed E-state index contributed by atoms with van der Waals surface area (Å²) in [5.41, 5.74) is 3.07. The number of rotatable bonds is 7. The van der Waals surface area contributed by atoms with Gasteiger partial charge in [-0.1, -0.05) is 30.3 Å². The fraction of sp³-hybridized carbons (Fsp3) is 0.280. The third-order valence-electron chi connectivity index (χ3n) is 5.78. The Morgan fingerprint density at radius 3 is 2.18 bits per heavy atom. The number of carbonyl (C=O) groups is 2. The average molecular weight is 445 g/mol. The lowest BCUT2D eigenvalue weighted by molar-refractivity contribution is -0.139. The SMILES string of the molecule is O=C(NCc1cccnc1)C(=O)NC[C@@H](c1cccnc1)N1CCN(c2ccccc2)CC1. The minimum absolute atomic E-state index is 0.0632. The van der Waals surface area contributed by atoms with Crippen molar-refractivity contribution < 1.29 is 9.59 Å². The van der Waals surface area contributed by atoms with E-state index < -0.39 is 11.8 Å². The molecular formula is C25H28N6O2. The summed E-state index contributed by atoms with van der Waals surface area (Å²) in [7, 11) is 0. The Hall–Kier alpha value is -3.78. The summed E-state index contributed by atoms with van der Waals surface area (Å²) in [5, 5.41) is 5.45. The maximum Gasteiger partial charge on any atom is 0.309 e. The van der Waals surface area contributed by atoms with Crippen LogP contribution in [0.4, 0.5) is 5.69 Å². The molecule has 1 aliphatic rings. The van der Waals surface area contributed by atoms with Crippen molar-refractivity contribution in [3.63, 3.8) is 0 Å². The average Bonchev–Trinajstić information content (AvgIpc) is 2.89. The smallest absolute Gasteiger partial charge is 0.309 e. The zero-order valence-corrected chi connectivity index (χ0v) is 18.4. The Labute approximate surface area is 193 Å². The first-order valence-corrected chi connectivity index (χ1v) is 11.1. The number of nitrogens with one attached hydrogen (secondary N) is 2. The number of anilines is 1. The van der Waals surface area contributed by atoms with Crippen LogP contribution in [0.3, 0.4) is 0 Å². The Morgan fingerprint density at radius 2 is 1.52 bits per heavy atom. The maximum atomic E-state index is 12.4. The number of carbonyl (C=O) groups excluding carboxylic acids is 2. The Bertz CT molecular complexity index is 1020. The van der Waals surface area contributed by atoms with Crippen LogP contribution in [-0.4, -0.2) is 59.4 Å². The summed E-state index contributed by atoms with van der Waals surface area (Å²) in [6.45, 7) is 4.06. The van der Waals surface area contributed by atoms with E-state index >= 15 is 0 Å². The highest BCUT2D eigenvalue weighted by molar-refractivity contribution is 6.35. The molecule has 0 spiro atoms. The summed E-state index contributed by atoms with van der Waals surface area (Å²) in [6, 6.07) is 17.8. The molecule has 3 heterocycles. The molecule has 33 heavy (non-hydrogen) atoms. The molecule has 1 aromatic carbocycles. The first kappa shape index (κ1) is 22.4. The molecular weight excluding hydrogens is 416 g/mol. The standard InChI is InChI=1S/C25H28N6O2/c32-24(28-17-20-6-4-10-26-16-20)25(33)29-19-23(21-7-5-11-27-18-21)31-14-12-30(13-15-31)22-8-2-1-3-9-22/h1-11,16,18,23H,12-15,17,19H2,(H,28,32)(H,29,33)/t23-/m0/s1. The lowest BCUT2D eigenvalue weighted by Gasteiger charge is -2.40. The summed E-state index contributed by atoms with van der Waals surface area (Å²) < 4.78 is 0. The Balaban J connectivity index is 1.34. The van der Waals surface area contributed by atoms with Crippen LogP contribution in [0.2, 0.25) is 0 Å². The van der Waals surface area contributed by atoms with E-state index in [0.717, 1.165) is 37.3 Å². The van der Waals surface area contributed by atoms with E-state index in [-0.39, 0.29) is 12.6 Å². The van der Waals surface area contributed by atoms with E-state index in [1.807, 2.05) is 30.5 Å². The van der Waals surface area contributed by atoms with Gasteiger partial charge >= 0.3 is 11.8 Å². The second-order valence-electron chi connectivity index (χ2n) is 7.91. The van der Waals surface area contributed by atoms with Gasteiger partial charge in [-0.15, -0.1) is 0 Å². The van der Waals surface area contributed by atoms with Gasteiger partial charge in [0.2, 0.25) is 0 Å². The van der Waals surface area contributed by atoms with E-state index in [2.05, 4.69) is 54.7 Å². The van der Waals surface area contributed by atoms with E-state index in [4.69, 9.17) is 0 Å². The Kier molecular flexibility index (Phi) is 7.60. The monoisotopic (exact) mass is 444 g/mol. The molecule has 170 valence electrons. The van der Waals surface area contributed by atoms with Crippen molar-refractivity contribution in [2.24, 2.45) is 0 Å². The number of benzene rings is 1. The van der Waals surface area contributed by atoms with Crippen molar-refractivity contribution in [3.8, 4) is 0 Å². The molecule has 0 aliphatic carbocycles. The lowest BCUT2D eigenvalue weighted by atomic mass is 10.1. The van der Waals surface area contributed by atoms with Crippen molar-refractivity contribution in [2.45, 2.75) is 12.6 Å². The summed E-state index contributed by atoms with van der Waals surface area (Å²) >= 11 is 0. The van der Waals surface area contributed by atoms with Gasteiger partial charge in [-0.3, -0.25) is 24.5 Å². The minimum atomic E-state index is -0.655. The molecule has 4 rings (SSSR count). The normalized spacial score (nSPS) is 15.0. The van der Waals surface area contributed by atoms with Crippen molar-refractivity contribution in [3.05, 3.63) is 90.5 Å². The van der Waals surface area contributed by atoms with Crippen LogP contribution in [-0.2, 0) is 16.1 Å². The molecule has 1 atom stereocenters. The quantitative estimate of drug-likeness (QED) is 0.540. The predicted molar refractivity (Wildman–Crippen MR) is 126 cm³/mol. The van der Waals surface area contributed by atoms with Crippen LogP contribution in [0.1, 0.15) is 17.2 Å². The molecule has 8 nitrogen and oxygen atoms in total. The summed E-state index contributed by atoms with van der Waals surface area (Å²) in [4.78, 5) is 37.7. The van der Waals surface area contributed by atoms with Crippen molar-refractivity contribution in [1.29, 1.82) is 0 Å². The number of para-hydroxylation sites is 1. The van der Waals surface area contributed by atoms with Gasteiger partial charge in [0, 0.05) is 69.7 Å². The fourth-order valence-electron chi connectivity index (χ4n) is 4.00. The number of piperazine rings is 1. The second kappa shape index (κ2) is 11.2. The number of amides is 2. The molecule has 1 fully saturated rings. The van der Waals surface area contributed by atoms with Crippen molar-refractivity contribution >= 4 is 17.5 Å². The maximum absolute atomic E-state index is 12.4. The summed E-state index contributed by atoms with van der Waals surface area (Å²) in [5.74, 6) is -1.30. The zero-order chi connectivity index (χ0) is 22.9. The van der Waals surface area contributed by atoms with Gasteiger partial charge in [0.05, 0.1) is 6.04 Å². The molecule has 0 saturated carbocycles. The molecule has 0 bridgehead atoms. The fourth-order valence-corrected chi connectivity index (χ4v) is 4.00. The van der Waals surface area contributed by atoms with Crippen molar-refractivity contribution in [2.75, 3.05) is 37.6 Å². The van der Waals surface area contributed by atoms with Gasteiger partial charge < -0.3 is 15.5 Å². The molecule has 8 heteroatoms. The van der Waals surface area contributed by atoms with Crippen molar-refractivity contribution in [1.82, 2.24) is 25.5 Å². The van der Waals surface area contributed by atoms with E-state index in [1.54, 1.807) is 24.7 Å². The molecule has 2 amide bonds. The summed E-state index contributed by atoms with van der Waals surface area (Å²) in [6.07, 6.45) is 6.88. The molecule has 1 saturated heterocycles. The van der Waals surface area contributed by atoms with Gasteiger partial charge in [-0.05, 0) is 35.4 Å².